The number of benzene rings is 2. The molecule has 33 heavy (non-hydrogen) atoms. The normalized spacial score (nSPS) is 11.1. The first kappa shape index (κ1) is 23.8. The molecule has 1 amide bonds. The van der Waals surface area contributed by atoms with E-state index in [4.69, 9.17) is 10.5 Å². The number of nitrogens with one attached hydrogen (secondary N) is 1. The highest BCUT2D eigenvalue weighted by Gasteiger charge is 2.19. The molecule has 0 radical (unpaired) electrons. The van der Waals surface area contributed by atoms with E-state index in [2.05, 4.69) is 37.3 Å². The number of carbonyl (C=O) groups excluding carboxylic acids is 1. The molecular weight excluding hydrogens is 421 g/mol. The van der Waals surface area contributed by atoms with Gasteiger partial charge < -0.3 is 15.8 Å². The van der Waals surface area contributed by atoms with Crippen LogP contribution in [0.2, 0.25) is 0 Å². The molecule has 0 aliphatic carbocycles. The van der Waals surface area contributed by atoms with Gasteiger partial charge in [0.2, 0.25) is 0 Å². The number of amides is 1. The lowest BCUT2D eigenvalue weighted by atomic mass is 9.86. The smallest absolute Gasteiger partial charge is 0.257 e. The Hall–Kier alpha value is -3.86. The molecule has 0 atom stereocenters. The summed E-state index contributed by atoms with van der Waals surface area (Å²) in [6.07, 6.45) is 1.02. The number of aromatic nitrogens is 2. The van der Waals surface area contributed by atoms with Crippen LogP contribution < -0.4 is 15.8 Å². The predicted octanol–water partition coefficient (Wildman–Crippen LogP) is 3.89. The van der Waals surface area contributed by atoms with E-state index in [1.807, 2.05) is 24.3 Å². The van der Waals surface area contributed by atoms with Crippen molar-refractivity contribution >= 4 is 11.7 Å². The molecule has 1 heterocycles. The van der Waals surface area contributed by atoms with E-state index >= 15 is 0 Å². The number of ether oxygens (including phenoxy) is 1. The largest absolute Gasteiger partial charge is 0.483 e. The molecule has 7 nitrogen and oxygen atoms in total. The Morgan fingerprint density at radius 3 is 2.58 bits per heavy atom. The average Bonchev–Trinajstić information content (AvgIpc) is 3.10. The first-order chi connectivity index (χ1) is 15.7. The fourth-order valence-corrected chi connectivity index (χ4v) is 3.44. The maximum absolute atomic E-state index is 13.2. The number of hydrogen-bond acceptors (Lipinski definition) is 5. The summed E-state index contributed by atoms with van der Waals surface area (Å²) in [4.78, 5) is 12.2. The van der Waals surface area contributed by atoms with Crippen LogP contribution in [0.4, 0.5) is 10.2 Å². The average molecular weight is 450 g/mol. The van der Waals surface area contributed by atoms with Gasteiger partial charge >= 0.3 is 0 Å². The summed E-state index contributed by atoms with van der Waals surface area (Å²) in [5.41, 5.74) is 8.40. The van der Waals surface area contributed by atoms with E-state index in [0.29, 0.717) is 36.5 Å². The molecule has 8 heteroatoms. The highest BCUT2D eigenvalue weighted by Crippen LogP contribution is 2.30. The molecule has 3 N–H and O–H groups in total. The van der Waals surface area contributed by atoms with Gasteiger partial charge in [0.05, 0.1) is 11.4 Å². The minimum atomic E-state index is -0.369. The number of hydrogen-bond donors (Lipinski definition) is 2. The van der Waals surface area contributed by atoms with Gasteiger partial charge in [0.15, 0.2) is 6.61 Å². The fourth-order valence-electron chi connectivity index (χ4n) is 3.44. The molecular formula is C25H28FN5O2. The lowest BCUT2D eigenvalue weighted by molar-refractivity contribution is -0.123. The van der Waals surface area contributed by atoms with Crippen LogP contribution in [0.1, 0.15) is 44.0 Å². The highest BCUT2D eigenvalue weighted by molar-refractivity contribution is 5.77. The maximum Gasteiger partial charge on any atom is 0.257 e. The molecule has 0 unspecified atom stereocenters. The number of carbonyl (C=O) groups is 1. The van der Waals surface area contributed by atoms with E-state index in [1.165, 1.54) is 16.8 Å². The van der Waals surface area contributed by atoms with Crippen LogP contribution in [-0.2, 0) is 16.6 Å². The van der Waals surface area contributed by atoms with Crippen molar-refractivity contribution < 1.29 is 13.9 Å². The quantitative estimate of drug-likeness (QED) is 0.508. The number of aryl methyl sites for hydroxylation is 1. The van der Waals surface area contributed by atoms with Crippen molar-refractivity contribution in [1.29, 1.82) is 5.26 Å². The zero-order valence-electron chi connectivity index (χ0n) is 19.1. The molecule has 0 bridgehead atoms. The fraction of sp³-hybridized carbons (Fsp3) is 0.320. The van der Waals surface area contributed by atoms with E-state index in [1.54, 1.807) is 12.1 Å². The molecule has 2 aromatic carbocycles. The number of nitriles is 1. The van der Waals surface area contributed by atoms with Gasteiger partial charge in [0.25, 0.3) is 5.91 Å². The molecule has 1 aromatic heterocycles. The number of nitrogens with two attached hydrogens (primary N) is 1. The standard InChI is InChI=1S/C25H28FN5O2/c1-25(2,3)20-7-4-5-9-22(20)33-16-23(32)29-14-6-8-21-19(15-27)24(28)31(30-21)18-12-10-17(26)11-13-18/h4-5,7,9-13H,6,8,14,16,28H2,1-3H3,(H,29,32). The van der Waals surface area contributed by atoms with E-state index in [-0.39, 0.29) is 35.1 Å². The second-order valence-corrected chi connectivity index (χ2v) is 8.70. The van der Waals surface area contributed by atoms with Gasteiger partial charge in [0.1, 0.15) is 29.0 Å². The van der Waals surface area contributed by atoms with Gasteiger partial charge in [-0.3, -0.25) is 4.79 Å². The molecule has 172 valence electrons. The summed E-state index contributed by atoms with van der Waals surface area (Å²) in [5.74, 6) is 0.303. The third-order valence-corrected chi connectivity index (χ3v) is 5.14. The number of rotatable bonds is 8. The van der Waals surface area contributed by atoms with Crippen molar-refractivity contribution in [3.05, 3.63) is 71.2 Å². The van der Waals surface area contributed by atoms with Gasteiger partial charge in [-0.2, -0.15) is 10.4 Å². The van der Waals surface area contributed by atoms with Crippen LogP contribution in [0, 0.1) is 17.1 Å². The first-order valence-electron chi connectivity index (χ1n) is 10.7. The van der Waals surface area contributed by atoms with Crippen molar-refractivity contribution in [3.63, 3.8) is 0 Å². The predicted molar refractivity (Wildman–Crippen MR) is 125 cm³/mol. The molecule has 0 aliphatic rings. The third kappa shape index (κ3) is 5.89. The van der Waals surface area contributed by atoms with Crippen LogP contribution in [0.25, 0.3) is 5.69 Å². The molecule has 3 aromatic rings. The summed E-state index contributed by atoms with van der Waals surface area (Å²) in [5, 5.41) is 16.7. The number of para-hydroxylation sites is 1. The van der Waals surface area contributed by atoms with Crippen LogP contribution in [-0.4, -0.2) is 28.8 Å². The number of anilines is 1. The van der Waals surface area contributed by atoms with Crippen LogP contribution in [0.3, 0.4) is 0 Å². The Bertz CT molecular complexity index is 1160. The molecule has 3 rings (SSSR count). The van der Waals surface area contributed by atoms with Gasteiger partial charge in [-0.05, 0) is 54.2 Å². The summed E-state index contributed by atoms with van der Waals surface area (Å²) in [7, 11) is 0. The SMILES string of the molecule is CC(C)(C)c1ccccc1OCC(=O)NCCCc1nn(-c2ccc(F)cc2)c(N)c1C#N. The van der Waals surface area contributed by atoms with Gasteiger partial charge in [-0.1, -0.05) is 39.0 Å². The highest BCUT2D eigenvalue weighted by atomic mass is 19.1. The van der Waals surface area contributed by atoms with Gasteiger partial charge in [-0.25, -0.2) is 9.07 Å². The van der Waals surface area contributed by atoms with Crippen molar-refractivity contribution in [3.8, 4) is 17.5 Å². The lowest BCUT2D eigenvalue weighted by Crippen LogP contribution is -2.30. The zero-order valence-corrected chi connectivity index (χ0v) is 19.1. The van der Waals surface area contributed by atoms with Crippen molar-refractivity contribution in [2.45, 2.75) is 39.0 Å². The summed E-state index contributed by atoms with van der Waals surface area (Å²) < 4.78 is 20.4. The number of nitrogen functional groups attached to an aromatic ring is 1. The van der Waals surface area contributed by atoms with Crippen LogP contribution in [0.5, 0.6) is 5.75 Å². The van der Waals surface area contributed by atoms with Crippen LogP contribution in [0.15, 0.2) is 48.5 Å². The zero-order chi connectivity index (χ0) is 24.0. The van der Waals surface area contributed by atoms with Crippen molar-refractivity contribution in [1.82, 2.24) is 15.1 Å². The molecule has 0 saturated heterocycles. The van der Waals surface area contributed by atoms with E-state index in [9.17, 15) is 14.4 Å². The molecule has 0 saturated carbocycles. The van der Waals surface area contributed by atoms with Crippen molar-refractivity contribution in [2.75, 3.05) is 18.9 Å². The maximum atomic E-state index is 13.2. The minimum absolute atomic E-state index is 0.0807. The van der Waals surface area contributed by atoms with Gasteiger partial charge in [-0.15, -0.1) is 0 Å². The lowest BCUT2D eigenvalue weighted by Gasteiger charge is -2.22. The molecule has 0 aliphatic heterocycles. The Kier molecular flexibility index (Phi) is 7.34. The molecule has 0 fully saturated rings. The third-order valence-electron chi connectivity index (χ3n) is 5.14. The summed E-state index contributed by atoms with van der Waals surface area (Å²) >= 11 is 0. The Morgan fingerprint density at radius 1 is 1.21 bits per heavy atom. The summed E-state index contributed by atoms with van der Waals surface area (Å²) in [6, 6.07) is 15.5. The topological polar surface area (TPSA) is 106 Å². The van der Waals surface area contributed by atoms with Gasteiger partial charge in [0, 0.05) is 6.54 Å². The Balaban J connectivity index is 1.53. The second-order valence-electron chi connectivity index (χ2n) is 8.70. The molecule has 0 spiro atoms. The Morgan fingerprint density at radius 2 is 1.91 bits per heavy atom. The first-order valence-corrected chi connectivity index (χ1v) is 10.7. The summed E-state index contributed by atoms with van der Waals surface area (Å²) in [6.45, 7) is 6.60. The second kappa shape index (κ2) is 10.2. The van der Waals surface area contributed by atoms with E-state index in [0.717, 1.165) is 5.56 Å². The monoisotopic (exact) mass is 449 g/mol. The number of halogens is 1. The van der Waals surface area contributed by atoms with E-state index < -0.39 is 0 Å². The van der Waals surface area contributed by atoms with Crippen molar-refractivity contribution in [2.24, 2.45) is 0 Å². The minimum Gasteiger partial charge on any atom is -0.483 e. The Labute approximate surface area is 193 Å². The number of nitrogens with zero attached hydrogens (tertiary/aromatic N) is 3. The van der Waals surface area contributed by atoms with Crippen LogP contribution >= 0.6 is 0 Å².